The first-order valence-electron chi connectivity index (χ1n) is 6.05. The highest BCUT2D eigenvalue weighted by Gasteiger charge is 2.15. The minimum absolute atomic E-state index is 0.440. The summed E-state index contributed by atoms with van der Waals surface area (Å²) < 4.78 is 5.77. The summed E-state index contributed by atoms with van der Waals surface area (Å²) in [6, 6.07) is 0. The van der Waals surface area contributed by atoms with Crippen molar-refractivity contribution in [3.63, 3.8) is 0 Å². The first kappa shape index (κ1) is 11.3. The number of hydrogen-bond donors (Lipinski definition) is 1. The van der Waals surface area contributed by atoms with Crippen LogP contribution in [0.5, 0.6) is 0 Å². The van der Waals surface area contributed by atoms with Crippen LogP contribution >= 0.6 is 0 Å². The van der Waals surface area contributed by atoms with Crippen LogP contribution in [0.3, 0.4) is 0 Å². The summed E-state index contributed by atoms with van der Waals surface area (Å²) >= 11 is 0. The molecule has 1 aliphatic rings. The predicted molar refractivity (Wildman–Crippen MR) is 63.2 cm³/mol. The molecular formula is C12H19N3O. The molecule has 1 saturated carbocycles. The van der Waals surface area contributed by atoms with Gasteiger partial charge in [-0.15, -0.1) is 0 Å². The number of rotatable bonds is 5. The van der Waals surface area contributed by atoms with Crippen LogP contribution in [0.25, 0.3) is 0 Å². The van der Waals surface area contributed by atoms with E-state index in [0.717, 1.165) is 18.1 Å². The maximum atomic E-state index is 5.77. The summed E-state index contributed by atoms with van der Waals surface area (Å²) in [6.45, 7) is 3.50. The van der Waals surface area contributed by atoms with Gasteiger partial charge in [-0.25, -0.2) is 4.98 Å². The maximum Gasteiger partial charge on any atom is 0.144 e. The molecule has 1 N–H and O–H groups in total. The third-order valence-corrected chi connectivity index (χ3v) is 2.83. The molecule has 0 radical (unpaired) electrons. The smallest absolute Gasteiger partial charge is 0.144 e. The highest BCUT2D eigenvalue weighted by molar-refractivity contribution is 5.30. The van der Waals surface area contributed by atoms with E-state index in [1.165, 1.54) is 25.7 Å². The Morgan fingerprint density at radius 1 is 1.31 bits per heavy atom. The second kappa shape index (κ2) is 5.80. The minimum atomic E-state index is 0.440. The predicted octanol–water partition coefficient (Wildman–Crippen LogP) is 2.37. The Kier molecular flexibility index (Phi) is 4.10. The first-order valence-corrected chi connectivity index (χ1v) is 6.05. The highest BCUT2D eigenvalue weighted by Crippen LogP contribution is 2.21. The summed E-state index contributed by atoms with van der Waals surface area (Å²) in [6.07, 6.45) is 8.98. The molecule has 0 amide bonds. The number of ether oxygens (including phenoxy) is 1. The Bertz CT molecular complexity index is 307. The standard InChI is InChI=1S/C12H19N3O/c1-2-13-12-8-14-10(7-15-12)9-16-11-5-3-4-6-11/h7-8,11H,2-6,9H2,1H3,(H,13,15). The topological polar surface area (TPSA) is 47.0 Å². The Morgan fingerprint density at radius 2 is 2.12 bits per heavy atom. The summed E-state index contributed by atoms with van der Waals surface area (Å²) in [5, 5.41) is 3.12. The van der Waals surface area contributed by atoms with Crippen molar-refractivity contribution in [2.75, 3.05) is 11.9 Å². The number of aromatic nitrogens is 2. The van der Waals surface area contributed by atoms with Crippen LogP contribution in [0.2, 0.25) is 0 Å². The summed E-state index contributed by atoms with van der Waals surface area (Å²) in [7, 11) is 0. The van der Waals surface area contributed by atoms with Crippen LogP contribution < -0.4 is 5.32 Å². The molecule has 0 saturated heterocycles. The van der Waals surface area contributed by atoms with Gasteiger partial charge in [0.1, 0.15) is 5.82 Å². The maximum absolute atomic E-state index is 5.77. The van der Waals surface area contributed by atoms with Crippen molar-refractivity contribution in [3.05, 3.63) is 18.1 Å². The summed E-state index contributed by atoms with van der Waals surface area (Å²) in [4.78, 5) is 8.57. The molecular weight excluding hydrogens is 202 g/mol. The van der Waals surface area contributed by atoms with Crippen LogP contribution in [0, 0.1) is 0 Å². The fourth-order valence-corrected chi connectivity index (χ4v) is 1.96. The van der Waals surface area contributed by atoms with Crippen molar-refractivity contribution in [3.8, 4) is 0 Å². The molecule has 0 aromatic carbocycles. The normalized spacial score (nSPS) is 16.6. The van der Waals surface area contributed by atoms with Gasteiger partial charge in [0.25, 0.3) is 0 Å². The number of anilines is 1. The molecule has 16 heavy (non-hydrogen) atoms. The van der Waals surface area contributed by atoms with Gasteiger partial charge >= 0.3 is 0 Å². The Morgan fingerprint density at radius 3 is 2.75 bits per heavy atom. The van der Waals surface area contributed by atoms with E-state index in [4.69, 9.17) is 4.74 Å². The van der Waals surface area contributed by atoms with E-state index in [1.54, 1.807) is 12.4 Å². The molecule has 0 atom stereocenters. The number of nitrogens with one attached hydrogen (secondary N) is 1. The largest absolute Gasteiger partial charge is 0.372 e. The van der Waals surface area contributed by atoms with Crippen molar-refractivity contribution in [2.24, 2.45) is 0 Å². The lowest BCUT2D eigenvalue weighted by Crippen LogP contribution is -2.08. The SMILES string of the molecule is CCNc1cnc(COC2CCCC2)cn1. The van der Waals surface area contributed by atoms with Gasteiger partial charge in [-0.2, -0.15) is 0 Å². The van der Waals surface area contributed by atoms with Gasteiger partial charge in [-0.1, -0.05) is 12.8 Å². The van der Waals surface area contributed by atoms with E-state index in [0.29, 0.717) is 12.7 Å². The van der Waals surface area contributed by atoms with Crippen molar-refractivity contribution < 1.29 is 4.74 Å². The first-order chi connectivity index (χ1) is 7.88. The van der Waals surface area contributed by atoms with Gasteiger partial charge in [-0.05, 0) is 19.8 Å². The van der Waals surface area contributed by atoms with Crippen molar-refractivity contribution in [2.45, 2.75) is 45.3 Å². The van der Waals surface area contributed by atoms with Crippen molar-refractivity contribution >= 4 is 5.82 Å². The van der Waals surface area contributed by atoms with Crippen LogP contribution in [-0.2, 0) is 11.3 Å². The Hall–Kier alpha value is -1.16. The van der Waals surface area contributed by atoms with Crippen LogP contribution in [-0.4, -0.2) is 22.6 Å². The zero-order valence-corrected chi connectivity index (χ0v) is 9.78. The molecule has 1 heterocycles. The molecule has 0 aliphatic heterocycles. The van der Waals surface area contributed by atoms with E-state index in [-0.39, 0.29) is 0 Å². The number of hydrogen-bond acceptors (Lipinski definition) is 4. The average Bonchev–Trinajstić information content (AvgIpc) is 2.82. The fraction of sp³-hybridized carbons (Fsp3) is 0.667. The zero-order chi connectivity index (χ0) is 11.2. The summed E-state index contributed by atoms with van der Waals surface area (Å²) in [5.41, 5.74) is 0.911. The molecule has 2 rings (SSSR count). The van der Waals surface area contributed by atoms with Crippen LogP contribution in [0.1, 0.15) is 38.3 Å². The average molecular weight is 221 g/mol. The van der Waals surface area contributed by atoms with E-state index in [9.17, 15) is 0 Å². The molecule has 1 fully saturated rings. The summed E-state index contributed by atoms with van der Waals surface area (Å²) in [5.74, 6) is 0.826. The molecule has 4 nitrogen and oxygen atoms in total. The zero-order valence-electron chi connectivity index (χ0n) is 9.78. The van der Waals surface area contributed by atoms with E-state index < -0.39 is 0 Å². The lowest BCUT2D eigenvalue weighted by atomic mass is 10.3. The fourth-order valence-electron chi connectivity index (χ4n) is 1.96. The lowest BCUT2D eigenvalue weighted by Gasteiger charge is -2.10. The van der Waals surface area contributed by atoms with Gasteiger partial charge in [-0.3, -0.25) is 4.98 Å². The van der Waals surface area contributed by atoms with E-state index >= 15 is 0 Å². The third-order valence-electron chi connectivity index (χ3n) is 2.83. The van der Waals surface area contributed by atoms with Crippen molar-refractivity contribution in [1.82, 2.24) is 9.97 Å². The van der Waals surface area contributed by atoms with Crippen LogP contribution in [0.15, 0.2) is 12.4 Å². The van der Waals surface area contributed by atoms with E-state index in [1.807, 2.05) is 6.92 Å². The van der Waals surface area contributed by atoms with Crippen LogP contribution in [0.4, 0.5) is 5.82 Å². The third kappa shape index (κ3) is 3.17. The molecule has 0 bridgehead atoms. The number of nitrogens with zero attached hydrogens (tertiary/aromatic N) is 2. The van der Waals surface area contributed by atoms with Gasteiger partial charge in [0.15, 0.2) is 0 Å². The van der Waals surface area contributed by atoms with Gasteiger partial charge in [0, 0.05) is 6.54 Å². The van der Waals surface area contributed by atoms with Crippen molar-refractivity contribution in [1.29, 1.82) is 0 Å². The molecule has 1 aromatic rings. The molecule has 4 heteroatoms. The minimum Gasteiger partial charge on any atom is -0.372 e. The molecule has 88 valence electrons. The van der Waals surface area contributed by atoms with Gasteiger partial charge in [0.05, 0.1) is 30.8 Å². The monoisotopic (exact) mass is 221 g/mol. The highest BCUT2D eigenvalue weighted by atomic mass is 16.5. The Balaban J connectivity index is 1.80. The molecule has 0 spiro atoms. The molecule has 0 unspecified atom stereocenters. The molecule has 1 aliphatic carbocycles. The second-order valence-electron chi connectivity index (χ2n) is 4.14. The van der Waals surface area contributed by atoms with Gasteiger partial charge in [0.2, 0.25) is 0 Å². The van der Waals surface area contributed by atoms with Gasteiger partial charge < -0.3 is 10.1 Å². The lowest BCUT2D eigenvalue weighted by molar-refractivity contribution is 0.0436. The molecule has 1 aromatic heterocycles. The second-order valence-corrected chi connectivity index (χ2v) is 4.14. The van der Waals surface area contributed by atoms with E-state index in [2.05, 4.69) is 15.3 Å². The quantitative estimate of drug-likeness (QED) is 0.829. The Labute approximate surface area is 96.4 Å².